The Hall–Kier alpha value is -2.66. The molecule has 0 fully saturated rings. The molecule has 0 unspecified atom stereocenters. The van der Waals surface area contributed by atoms with Crippen LogP contribution in [0.15, 0.2) is 75.5 Å². The van der Waals surface area contributed by atoms with Crippen molar-refractivity contribution in [1.82, 2.24) is 4.90 Å². The fourth-order valence-electron chi connectivity index (χ4n) is 6.00. The molecule has 2 aliphatic carbocycles. The van der Waals surface area contributed by atoms with E-state index in [0.29, 0.717) is 19.4 Å². The number of rotatable bonds is 4. The molecule has 1 heterocycles. The van der Waals surface area contributed by atoms with E-state index < -0.39 is 0 Å². The number of carbonyl (C=O) groups excluding carboxylic acids is 2. The lowest BCUT2D eigenvalue weighted by atomic mass is 9.64. The number of carbonyl (C=O) groups is 2. The van der Waals surface area contributed by atoms with Crippen LogP contribution in [0.25, 0.3) is 0 Å². The number of nitrogens with zero attached hydrogens (tertiary/aromatic N) is 1. The van der Waals surface area contributed by atoms with Crippen molar-refractivity contribution in [2.45, 2.75) is 65.9 Å². The first-order chi connectivity index (χ1) is 16.9. The average molecular weight is 549 g/mol. The Kier molecular flexibility index (Phi) is 6.27. The van der Waals surface area contributed by atoms with E-state index in [0.717, 1.165) is 56.7 Å². The average Bonchev–Trinajstić information content (AvgIpc) is 2.79. The van der Waals surface area contributed by atoms with Crippen LogP contribution in [-0.4, -0.2) is 23.5 Å². The van der Waals surface area contributed by atoms with Crippen molar-refractivity contribution in [2.75, 3.05) is 7.05 Å². The fraction of sp³-hybridized carbons (Fsp3) is 0.419. The number of ketones is 2. The quantitative estimate of drug-likeness (QED) is 0.401. The molecule has 188 valence electrons. The topological polar surface area (TPSA) is 46.6 Å². The summed E-state index contributed by atoms with van der Waals surface area (Å²) in [7, 11) is 2.04. The molecule has 5 heteroatoms. The van der Waals surface area contributed by atoms with E-state index in [4.69, 9.17) is 4.74 Å². The van der Waals surface area contributed by atoms with Gasteiger partial charge in [0.1, 0.15) is 12.4 Å². The van der Waals surface area contributed by atoms with Crippen LogP contribution < -0.4 is 4.74 Å². The van der Waals surface area contributed by atoms with Gasteiger partial charge >= 0.3 is 0 Å². The zero-order valence-electron chi connectivity index (χ0n) is 21.8. The zero-order chi connectivity index (χ0) is 25.8. The predicted octanol–water partition coefficient (Wildman–Crippen LogP) is 7.34. The largest absolute Gasteiger partial charge is 0.489 e. The molecule has 0 saturated heterocycles. The van der Waals surface area contributed by atoms with Crippen LogP contribution in [0, 0.1) is 10.8 Å². The molecule has 0 aromatic heterocycles. The second-order valence-electron chi connectivity index (χ2n) is 12.1. The van der Waals surface area contributed by atoms with Crippen LogP contribution >= 0.6 is 15.9 Å². The highest BCUT2D eigenvalue weighted by Crippen LogP contribution is 2.53. The van der Waals surface area contributed by atoms with Crippen LogP contribution in [0.4, 0.5) is 0 Å². The Bertz CT molecular complexity index is 1230. The first kappa shape index (κ1) is 25.0. The Morgan fingerprint density at radius 3 is 1.81 bits per heavy atom. The second kappa shape index (κ2) is 9.02. The van der Waals surface area contributed by atoms with Gasteiger partial charge in [-0.05, 0) is 59.1 Å². The molecule has 0 N–H and O–H groups in total. The van der Waals surface area contributed by atoms with Crippen LogP contribution in [-0.2, 0) is 16.2 Å². The number of allylic oxidation sites excluding steroid dienone is 4. The fourth-order valence-corrected chi connectivity index (χ4v) is 6.27. The summed E-state index contributed by atoms with van der Waals surface area (Å²) >= 11 is 3.46. The summed E-state index contributed by atoms with van der Waals surface area (Å²) in [5.74, 6) is 0.792. The Morgan fingerprint density at radius 2 is 1.31 bits per heavy atom. The summed E-state index contributed by atoms with van der Waals surface area (Å²) in [6, 6.07) is 16.1. The van der Waals surface area contributed by atoms with Crippen LogP contribution in [0.2, 0.25) is 0 Å². The lowest BCUT2D eigenvalue weighted by Gasteiger charge is -2.47. The SMILES string of the molecule is CN1C2=C(C(=O)CC(C)(C)C2)C(c2ccc(OCc3ccc(Br)cc3)cc2)C2=C1CC(C)(C)CC2=O. The molecule has 5 rings (SSSR count). The van der Waals surface area contributed by atoms with E-state index in [1.807, 2.05) is 55.6 Å². The zero-order valence-corrected chi connectivity index (χ0v) is 23.4. The van der Waals surface area contributed by atoms with Gasteiger partial charge in [0.05, 0.1) is 0 Å². The normalized spacial score (nSPS) is 21.4. The van der Waals surface area contributed by atoms with E-state index in [-0.39, 0.29) is 28.3 Å². The van der Waals surface area contributed by atoms with Gasteiger partial charge in [-0.15, -0.1) is 0 Å². The maximum atomic E-state index is 13.6. The Morgan fingerprint density at radius 1 is 0.806 bits per heavy atom. The third-order valence-corrected chi connectivity index (χ3v) is 8.24. The highest BCUT2D eigenvalue weighted by atomic mass is 79.9. The third-order valence-electron chi connectivity index (χ3n) is 7.71. The molecule has 0 bridgehead atoms. The molecule has 0 amide bonds. The van der Waals surface area contributed by atoms with Crippen molar-refractivity contribution >= 4 is 27.5 Å². The molecule has 36 heavy (non-hydrogen) atoms. The number of hydrogen-bond donors (Lipinski definition) is 0. The highest BCUT2D eigenvalue weighted by molar-refractivity contribution is 9.10. The molecular weight excluding hydrogens is 514 g/mol. The third kappa shape index (κ3) is 4.70. The molecule has 0 spiro atoms. The summed E-state index contributed by atoms with van der Waals surface area (Å²) in [6.07, 6.45) is 2.68. The van der Waals surface area contributed by atoms with Crippen LogP contribution in [0.3, 0.4) is 0 Å². The molecule has 0 saturated carbocycles. The smallest absolute Gasteiger partial charge is 0.162 e. The number of hydrogen-bond acceptors (Lipinski definition) is 4. The van der Waals surface area contributed by atoms with Gasteiger partial charge < -0.3 is 9.64 Å². The molecule has 0 atom stereocenters. The molecule has 0 radical (unpaired) electrons. The minimum absolute atomic E-state index is 0.0916. The lowest BCUT2D eigenvalue weighted by Crippen LogP contribution is -2.43. The van der Waals surface area contributed by atoms with Crippen molar-refractivity contribution in [3.8, 4) is 5.75 Å². The molecule has 2 aromatic rings. The van der Waals surface area contributed by atoms with Gasteiger partial charge in [-0.2, -0.15) is 0 Å². The summed E-state index contributed by atoms with van der Waals surface area (Å²) in [5, 5.41) is 0. The minimum atomic E-state index is -0.307. The van der Waals surface area contributed by atoms with Gasteiger partial charge in [0.25, 0.3) is 0 Å². The van der Waals surface area contributed by atoms with Crippen LogP contribution in [0.5, 0.6) is 5.75 Å². The van der Waals surface area contributed by atoms with Gasteiger partial charge in [-0.1, -0.05) is 67.9 Å². The number of benzene rings is 2. The van der Waals surface area contributed by atoms with E-state index >= 15 is 0 Å². The van der Waals surface area contributed by atoms with E-state index in [1.54, 1.807) is 0 Å². The second-order valence-corrected chi connectivity index (χ2v) is 13.0. The Labute approximate surface area is 222 Å². The van der Waals surface area contributed by atoms with Gasteiger partial charge in [-0.3, -0.25) is 9.59 Å². The number of Topliss-reactive ketones (excluding diaryl/α,β-unsaturated/α-hetero) is 2. The van der Waals surface area contributed by atoms with Gasteiger partial charge in [-0.25, -0.2) is 0 Å². The molecule has 1 aliphatic heterocycles. The summed E-state index contributed by atoms with van der Waals surface area (Å²) in [5.41, 5.74) is 5.69. The molecule has 4 nitrogen and oxygen atoms in total. The standard InChI is InChI=1S/C31H34BrNO3/c1-30(2)14-23-28(25(34)16-30)27(29-24(33(23)5)15-31(3,4)17-26(29)35)20-8-12-22(13-9-20)36-18-19-6-10-21(32)11-7-19/h6-13,27H,14-18H2,1-5H3. The monoisotopic (exact) mass is 547 g/mol. The van der Waals surface area contributed by atoms with Crippen molar-refractivity contribution in [3.05, 3.63) is 86.7 Å². The molecule has 2 aromatic carbocycles. The van der Waals surface area contributed by atoms with E-state index in [9.17, 15) is 9.59 Å². The molecule has 3 aliphatic rings. The maximum absolute atomic E-state index is 13.6. The highest BCUT2D eigenvalue weighted by Gasteiger charge is 2.48. The number of halogens is 1. The lowest BCUT2D eigenvalue weighted by molar-refractivity contribution is -0.119. The van der Waals surface area contributed by atoms with E-state index in [2.05, 4.69) is 48.5 Å². The molecular formula is C31H34BrNO3. The first-order valence-corrected chi connectivity index (χ1v) is 13.5. The summed E-state index contributed by atoms with van der Waals surface area (Å²) in [6.45, 7) is 9.13. The van der Waals surface area contributed by atoms with Gasteiger partial charge in [0.2, 0.25) is 0 Å². The van der Waals surface area contributed by atoms with Gasteiger partial charge in [0, 0.05) is 52.8 Å². The number of ether oxygens (including phenoxy) is 1. The van der Waals surface area contributed by atoms with Crippen molar-refractivity contribution < 1.29 is 14.3 Å². The summed E-state index contributed by atoms with van der Waals surface area (Å²) in [4.78, 5) is 29.3. The van der Waals surface area contributed by atoms with Gasteiger partial charge in [0.15, 0.2) is 11.6 Å². The Balaban J connectivity index is 1.52. The van der Waals surface area contributed by atoms with Crippen LogP contribution in [0.1, 0.15) is 70.4 Å². The summed E-state index contributed by atoms with van der Waals surface area (Å²) < 4.78 is 7.06. The van der Waals surface area contributed by atoms with E-state index in [1.165, 1.54) is 0 Å². The van der Waals surface area contributed by atoms with Crippen molar-refractivity contribution in [2.24, 2.45) is 10.8 Å². The van der Waals surface area contributed by atoms with Crippen molar-refractivity contribution in [1.29, 1.82) is 0 Å². The maximum Gasteiger partial charge on any atom is 0.162 e. The first-order valence-electron chi connectivity index (χ1n) is 12.7. The van der Waals surface area contributed by atoms with Crippen molar-refractivity contribution in [3.63, 3.8) is 0 Å². The predicted molar refractivity (Wildman–Crippen MR) is 146 cm³/mol. The minimum Gasteiger partial charge on any atom is -0.489 e.